The molecule has 2 nitrogen and oxygen atoms in total. The van der Waals surface area contributed by atoms with Crippen LogP contribution in [0.1, 0.15) is 49.7 Å². The molecule has 0 saturated heterocycles. The van der Waals surface area contributed by atoms with Crippen molar-refractivity contribution >= 4 is 17.2 Å². The van der Waals surface area contributed by atoms with Crippen molar-refractivity contribution in [1.82, 2.24) is 4.90 Å². The minimum atomic E-state index is -0.264. The molecule has 20 heavy (non-hydrogen) atoms. The molecule has 1 aromatic carbocycles. The quantitative estimate of drug-likeness (QED) is 0.679. The molecule has 1 saturated carbocycles. The van der Waals surface area contributed by atoms with Gasteiger partial charge >= 0.3 is 0 Å². The van der Waals surface area contributed by atoms with Gasteiger partial charge in [-0.25, -0.2) is 4.39 Å². The van der Waals surface area contributed by atoms with Crippen LogP contribution in [0, 0.1) is 5.82 Å². The molecule has 1 aromatic rings. The van der Waals surface area contributed by atoms with Gasteiger partial charge in [0.15, 0.2) is 0 Å². The Labute approximate surface area is 126 Å². The second-order valence-corrected chi connectivity index (χ2v) is 6.21. The largest absolute Gasteiger partial charge is 0.389 e. The van der Waals surface area contributed by atoms with E-state index in [1.165, 1.54) is 44.6 Å². The molecule has 0 aliphatic heterocycles. The highest BCUT2D eigenvalue weighted by Crippen LogP contribution is 2.22. The van der Waals surface area contributed by atoms with Gasteiger partial charge in [-0.1, -0.05) is 37.9 Å². The van der Waals surface area contributed by atoms with E-state index in [-0.39, 0.29) is 10.8 Å². The van der Waals surface area contributed by atoms with E-state index >= 15 is 0 Å². The maximum absolute atomic E-state index is 13.6. The zero-order chi connectivity index (χ0) is 14.5. The first kappa shape index (κ1) is 15.4. The fraction of sp³-hybridized carbons (Fsp3) is 0.562. The second kappa shape index (κ2) is 7.14. The van der Waals surface area contributed by atoms with Crippen molar-refractivity contribution in [2.24, 2.45) is 5.73 Å². The Balaban J connectivity index is 2.06. The highest BCUT2D eigenvalue weighted by Gasteiger charge is 2.17. The number of nitrogens with two attached hydrogens (primary N) is 1. The van der Waals surface area contributed by atoms with Crippen molar-refractivity contribution in [1.29, 1.82) is 0 Å². The molecule has 0 aromatic heterocycles. The van der Waals surface area contributed by atoms with E-state index in [0.29, 0.717) is 11.6 Å². The smallest absolute Gasteiger partial charge is 0.124 e. The lowest BCUT2D eigenvalue weighted by Gasteiger charge is -2.27. The van der Waals surface area contributed by atoms with Crippen LogP contribution in [-0.2, 0) is 6.54 Å². The summed E-state index contributed by atoms with van der Waals surface area (Å²) in [5.74, 6) is -0.264. The van der Waals surface area contributed by atoms with Gasteiger partial charge in [-0.3, -0.25) is 4.90 Å². The van der Waals surface area contributed by atoms with Gasteiger partial charge in [-0.05, 0) is 43.7 Å². The summed E-state index contributed by atoms with van der Waals surface area (Å²) in [6.45, 7) is 0.748. The highest BCUT2D eigenvalue weighted by molar-refractivity contribution is 7.80. The van der Waals surface area contributed by atoms with Crippen molar-refractivity contribution in [2.45, 2.75) is 51.1 Å². The molecular formula is C16H23FN2S. The third-order valence-electron chi connectivity index (χ3n) is 4.12. The van der Waals surface area contributed by atoms with Gasteiger partial charge in [0.2, 0.25) is 0 Å². The summed E-state index contributed by atoms with van der Waals surface area (Å²) in [5, 5.41) is 0. The van der Waals surface area contributed by atoms with Crippen LogP contribution in [-0.4, -0.2) is 23.0 Å². The normalized spacial score (nSPS) is 17.1. The minimum absolute atomic E-state index is 0.253. The molecule has 0 unspecified atom stereocenters. The highest BCUT2D eigenvalue weighted by atomic mass is 32.1. The van der Waals surface area contributed by atoms with Gasteiger partial charge in [-0.15, -0.1) is 0 Å². The van der Waals surface area contributed by atoms with E-state index in [1.807, 2.05) is 6.07 Å². The Kier molecular flexibility index (Phi) is 5.49. The first-order valence-corrected chi connectivity index (χ1v) is 7.76. The fourth-order valence-corrected chi connectivity index (χ4v) is 3.12. The summed E-state index contributed by atoms with van der Waals surface area (Å²) >= 11 is 4.94. The maximum atomic E-state index is 13.6. The molecule has 1 fully saturated rings. The molecule has 4 heteroatoms. The van der Waals surface area contributed by atoms with Crippen molar-refractivity contribution in [3.63, 3.8) is 0 Å². The van der Waals surface area contributed by atoms with Gasteiger partial charge in [-0.2, -0.15) is 0 Å². The van der Waals surface area contributed by atoms with Crippen molar-refractivity contribution < 1.29 is 4.39 Å². The average Bonchev–Trinajstić information content (AvgIpc) is 2.66. The summed E-state index contributed by atoms with van der Waals surface area (Å²) in [5.41, 5.74) is 7.16. The Morgan fingerprint density at radius 2 is 1.90 bits per heavy atom. The third-order valence-corrected chi connectivity index (χ3v) is 4.36. The maximum Gasteiger partial charge on any atom is 0.124 e. The third kappa shape index (κ3) is 4.25. The number of nitrogens with zero attached hydrogens (tertiary/aromatic N) is 1. The van der Waals surface area contributed by atoms with Crippen LogP contribution in [0.15, 0.2) is 18.2 Å². The average molecular weight is 294 g/mol. The lowest BCUT2D eigenvalue weighted by molar-refractivity contribution is 0.213. The molecular weight excluding hydrogens is 271 g/mol. The molecule has 110 valence electrons. The predicted molar refractivity (Wildman–Crippen MR) is 85.2 cm³/mol. The predicted octanol–water partition coefficient (Wildman–Crippen LogP) is 3.61. The van der Waals surface area contributed by atoms with Crippen LogP contribution >= 0.6 is 12.2 Å². The number of rotatable bonds is 4. The molecule has 0 bridgehead atoms. The zero-order valence-electron chi connectivity index (χ0n) is 12.1. The van der Waals surface area contributed by atoms with E-state index in [0.717, 1.165) is 12.1 Å². The van der Waals surface area contributed by atoms with Crippen molar-refractivity contribution in [3.8, 4) is 0 Å². The Bertz CT molecular complexity index is 468. The lowest BCUT2D eigenvalue weighted by Crippen LogP contribution is -2.30. The molecule has 0 amide bonds. The number of hydrogen-bond acceptors (Lipinski definition) is 2. The Hall–Kier alpha value is -1.00. The van der Waals surface area contributed by atoms with E-state index in [9.17, 15) is 4.39 Å². The molecule has 1 aliphatic carbocycles. The molecule has 0 spiro atoms. The summed E-state index contributed by atoms with van der Waals surface area (Å²) in [6, 6.07) is 5.49. The van der Waals surface area contributed by atoms with Crippen LogP contribution in [0.4, 0.5) is 4.39 Å². The Morgan fingerprint density at radius 1 is 1.25 bits per heavy atom. The molecule has 0 atom stereocenters. The second-order valence-electron chi connectivity index (χ2n) is 5.77. The van der Waals surface area contributed by atoms with E-state index < -0.39 is 0 Å². The molecule has 2 N–H and O–H groups in total. The van der Waals surface area contributed by atoms with E-state index in [2.05, 4.69) is 11.9 Å². The SMILES string of the molecule is CN(Cc1cc(F)cc(C(N)=S)c1)C1CCCCCC1. The summed E-state index contributed by atoms with van der Waals surface area (Å²) in [4.78, 5) is 2.59. The summed E-state index contributed by atoms with van der Waals surface area (Å²) < 4.78 is 13.6. The zero-order valence-corrected chi connectivity index (χ0v) is 12.9. The standard InChI is InChI=1S/C16H23FN2S/c1-19(15-6-4-2-3-5-7-15)11-12-8-13(16(18)20)10-14(17)9-12/h8-10,15H,2-7,11H2,1H3,(H2,18,20). The number of thiocarbonyl (C=S) groups is 1. The number of benzene rings is 1. The minimum Gasteiger partial charge on any atom is -0.389 e. The molecule has 1 aliphatic rings. The van der Waals surface area contributed by atoms with Crippen LogP contribution < -0.4 is 5.73 Å². The van der Waals surface area contributed by atoms with Crippen LogP contribution in [0.3, 0.4) is 0 Å². The van der Waals surface area contributed by atoms with E-state index in [4.69, 9.17) is 18.0 Å². The van der Waals surface area contributed by atoms with Crippen molar-refractivity contribution in [2.75, 3.05) is 7.05 Å². The lowest BCUT2D eigenvalue weighted by atomic mass is 10.1. The first-order valence-electron chi connectivity index (χ1n) is 7.36. The van der Waals surface area contributed by atoms with Gasteiger partial charge in [0.1, 0.15) is 10.8 Å². The van der Waals surface area contributed by atoms with Crippen LogP contribution in [0.2, 0.25) is 0 Å². The Morgan fingerprint density at radius 3 is 2.50 bits per heavy atom. The van der Waals surface area contributed by atoms with E-state index in [1.54, 1.807) is 6.07 Å². The van der Waals surface area contributed by atoms with Crippen molar-refractivity contribution in [3.05, 3.63) is 35.1 Å². The molecule has 2 rings (SSSR count). The number of hydrogen-bond donors (Lipinski definition) is 1. The number of halogens is 1. The molecule has 0 heterocycles. The molecule has 0 radical (unpaired) electrons. The van der Waals surface area contributed by atoms with Gasteiger partial charge in [0.05, 0.1) is 0 Å². The van der Waals surface area contributed by atoms with Crippen LogP contribution in [0.5, 0.6) is 0 Å². The van der Waals surface area contributed by atoms with Gasteiger partial charge in [0.25, 0.3) is 0 Å². The summed E-state index contributed by atoms with van der Waals surface area (Å²) in [7, 11) is 2.13. The first-order chi connectivity index (χ1) is 9.56. The van der Waals surface area contributed by atoms with Gasteiger partial charge < -0.3 is 5.73 Å². The fourth-order valence-electron chi connectivity index (χ4n) is 3.00. The topological polar surface area (TPSA) is 29.3 Å². The van der Waals surface area contributed by atoms with Crippen LogP contribution in [0.25, 0.3) is 0 Å². The summed E-state index contributed by atoms with van der Waals surface area (Å²) in [6.07, 6.45) is 7.78. The van der Waals surface area contributed by atoms with Gasteiger partial charge in [0, 0.05) is 18.2 Å². The monoisotopic (exact) mass is 294 g/mol.